The Bertz CT molecular complexity index is 670. The van der Waals surface area contributed by atoms with Crippen LogP contribution in [0.3, 0.4) is 0 Å². The Kier molecular flexibility index (Phi) is 11.6. The van der Waals surface area contributed by atoms with Gasteiger partial charge in [-0.3, -0.25) is 19.6 Å². The molecule has 7 nitrogen and oxygen atoms in total. The molecule has 0 aliphatic carbocycles. The molecule has 2 aliphatic rings. The van der Waals surface area contributed by atoms with E-state index in [0.717, 1.165) is 77.7 Å². The van der Waals surface area contributed by atoms with Crippen molar-refractivity contribution in [2.75, 3.05) is 66.5 Å². The van der Waals surface area contributed by atoms with Crippen LogP contribution in [-0.2, 0) is 11.3 Å². The van der Waals surface area contributed by atoms with E-state index in [1.54, 1.807) is 7.05 Å². The molecule has 2 saturated heterocycles. The molecule has 1 aromatic rings. The smallest absolute Gasteiger partial charge is 0.220 e. The summed E-state index contributed by atoms with van der Waals surface area (Å²) in [5.41, 5.74) is 1.40. The summed E-state index contributed by atoms with van der Waals surface area (Å²) >= 11 is 0. The van der Waals surface area contributed by atoms with Gasteiger partial charge in [-0.2, -0.15) is 0 Å². The zero-order valence-corrected chi connectivity index (χ0v) is 21.4. The fraction of sp³-hybridized carbons (Fsp3) is 0.652. The fourth-order valence-corrected chi connectivity index (χ4v) is 4.38. The molecular formula is C23H39IN6O. The number of likely N-dealkylation sites (tertiary alicyclic amines) is 1. The van der Waals surface area contributed by atoms with Crippen LogP contribution in [0.25, 0.3) is 0 Å². The minimum absolute atomic E-state index is 0. The molecule has 2 N–H and O–H groups in total. The summed E-state index contributed by atoms with van der Waals surface area (Å²) in [6.07, 6.45) is 2.75. The molecule has 0 unspecified atom stereocenters. The van der Waals surface area contributed by atoms with Crippen LogP contribution in [0.15, 0.2) is 35.3 Å². The zero-order chi connectivity index (χ0) is 21.2. The largest absolute Gasteiger partial charge is 0.359 e. The van der Waals surface area contributed by atoms with Gasteiger partial charge in [0.2, 0.25) is 5.91 Å². The van der Waals surface area contributed by atoms with Crippen molar-refractivity contribution in [1.29, 1.82) is 0 Å². The number of piperazine rings is 1. The molecular weight excluding hydrogens is 503 g/mol. The number of piperidine rings is 1. The van der Waals surface area contributed by atoms with Gasteiger partial charge in [0.05, 0.1) is 0 Å². The quantitative estimate of drug-likeness (QED) is 0.313. The highest BCUT2D eigenvalue weighted by Gasteiger charge is 2.23. The van der Waals surface area contributed by atoms with Gasteiger partial charge in [0.15, 0.2) is 5.96 Å². The number of benzene rings is 1. The normalized spacial score (nSPS) is 19.0. The van der Waals surface area contributed by atoms with Crippen molar-refractivity contribution in [3.63, 3.8) is 0 Å². The third-order valence-corrected chi connectivity index (χ3v) is 6.30. The minimum Gasteiger partial charge on any atom is -0.359 e. The van der Waals surface area contributed by atoms with E-state index in [1.165, 1.54) is 5.56 Å². The lowest BCUT2D eigenvalue weighted by atomic mass is 9.93. The van der Waals surface area contributed by atoms with Crippen LogP contribution in [0.5, 0.6) is 0 Å². The molecule has 0 aromatic heterocycles. The van der Waals surface area contributed by atoms with Gasteiger partial charge in [-0.25, -0.2) is 0 Å². The van der Waals surface area contributed by atoms with Crippen LogP contribution >= 0.6 is 24.0 Å². The maximum Gasteiger partial charge on any atom is 0.220 e. The van der Waals surface area contributed by atoms with Crippen molar-refractivity contribution >= 4 is 35.8 Å². The van der Waals surface area contributed by atoms with Crippen LogP contribution in [0, 0.1) is 5.92 Å². The highest BCUT2D eigenvalue weighted by Crippen LogP contribution is 2.20. The van der Waals surface area contributed by atoms with E-state index in [2.05, 4.69) is 60.7 Å². The Morgan fingerprint density at radius 1 is 1.03 bits per heavy atom. The van der Waals surface area contributed by atoms with Gasteiger partial charge >= 0.3 is 0 Å². The van der Waals surface area contributed by atoms with E-state index >= 15 is 0 Å². The highest BCUT2D eigenvalue weighted by molar-refractivity contribution is 14.0. The van der Waals surface area contributed by atoms with Crippen molar-refractivity contribution in [3.8, 4) is 0 Å². The number of guanidine groups is 1. The van der Waals surface area contributed by atoms with Gasteiger partial charge < -0.3 is 15.5 Å². The lowest BCUT2D eigenvalue weighted by Crippen LogP contribution is -2.50. The molecule has 8 heteroatoms. The molecule has 0 radical (unpaired) electrons. The number of nitrogens with zero attached hydrogens (tertiary/aromatic N) is 4. The van der Waals surface area contributed by atoms with Gasteiger partial charge in [0.25, 0.3) is 0 Å². The van der Waals surface area contributed by atoms with Crippen LogP contribution < -0.4 is 10.6 Å². The molecule has 3 rings (SSSR count). The monoisotopic (exact) mass is 542 g/mol. The summed E-state index contributed by atoms with van der Waals surface area (Å²) in [5.74, 6) is 1.64. The van der Waals surface area contributed by atoms with E-state index in [-0.39, 0.29) is 29.9 Å². The SMILES string of the molecule is CN=C(NCCN1CCN(Cc2ccccc2)CC1)N1CCC(CC(=O)NC)CC1.I. The second-order valence-electron chi connectivity index (χ2n) is 8.39. The number of rotatable bonds is 7. The Balaban J connectivity index is 0.00000341. The Labute approximate surface area is 204 Å². The van der Waals surface area contributed by atoms with Gasteiger partial charge in [0.1, 0.15) is 0 Å². The van der Waals surface area contributed by atoms with Crippen LogP contribution in [0.2, 0.25) is 0 Å². The Morgan fingerprint density at radius 3 is 2.29 bits per heavy atom. The molecule has 2 aliphatic heterocycles. The summed E-state index contributed by atoms with van der Waals surface area (Å²) in [4.78, 5) is 23.5. The first-order valence-electron chi connectivity index (χ1n) is 11.3. The first kappa shape index (κ1) is 25.9. The summed E-state index contributed by atoms with van der Waals surface area (Å²) in [7, 11) is 3.58. The molecule has 0 spiro atoms. The predicted octanol–water partition coefficient (Wildman–Crippen LogP) is 1.85. The van der Waals surface area contributed by atoms with Crippen LogP contribution in [-0.4, -0.2) is 93.0 Å². The standard InChI is InChI=1S/C23H38N6O.HI/c1-24-22(30)18-20-8-11-29(12-9-20)23(25-2)26-10-13-27-14-16-28(17-15-27)19-21-6-4-3-5-7-21;/h3-7,20H,8-19H2,1-2H3,(H,24,30)(H,25,26);1H. The van der Waals surface area contributed by atoms with E-state index in [0.29, 0.717) is 12.3 Å². The molecule has 1 aromatic carbocycles. The van der Waals surface area contributed by atoms with Gasteiger partial charge in [-0.15, -0.1) is 24.0 Å². The van der Waals surface area contributed by atoms with E-state index in [1.807, 2.05) is 7.05 Å². The number of aliphatic imine (C=N–C) groups is 1. The summed E-state index contributed by atoms with van der Waals surface area (Å²) in [5, 5.41) is 6.28. The highest BCUT2D eigenvalue weighted by atomic mass is 127. The number of carbonyl (C=O) groups is 1. The van der Waals surface area contributed by atoms with Crippen molar-refractivity contribution < 1.29 is 4.79 Å². The van der Waals surface area contributed by atoms with Crippen molar-refractivity contribution in [2.24, 2.45) is 10.9 Å². The number of nitrogens with one attached hydrogen (secondary N) is 2. The summed E-state index contributed by atoms with van der Waals surface area (Å²) < 4.78 is 0. The molecule has 174 valence electrons. The average Bonchev–Trinajstić information content (AvgIpc) is 2.79. The Hall–Kier alpha value is -1.39. The van der Waals surface area contributed by atoms with E-state index in [9.17, 15) is 4.79 Å². The van der Waals surface area contributed by atoms with E-state index in [4.69, 9.17) is 0 Å². The number of hydrogen-bond donors (Lipinski definition) is 2. The first-order valence-corrected chi connectivity index (χ1v) is 11.3. The van der Waals surface area contributed by atoms with Crippen molar-refractivity contribution in [3.05, 3.63) is 35.9 Å². The van der Waals surface area contributed by atoms with Crippen LogP contribution in [0.1, 0.15) is 24.8 Å². The topological polar surface area (TPSA) is 63.2 Å². The zero-order valence-electron chi connectivity index (χ0n) is 19.1. The molecule has 0 saturated carbocycles. The summed E-state index contributed by atoms with van der Waals surface area (Å²) in [6.45, 7) is 9.46. The molecule has 31 heavy (non-hydrogen) atoms. The second-order valence-corrected chi connectivity index (χ2v) is 8.39. The minimum atomic E-state index is 0. The molecule has 2 heterocycles. The number of amides is 1. The van der Waals surface area contributed by atoms with Crippen LogP contribution in [0.4, 0.5) is 0 Å². The van der Waals surface area contributed by atoms with E-state index < -0.39 is 0 Å². The molecule has 0 bridgehead atoms. The predicted molar refractivity (Wildman–Crippen MR) is 138 cm³/mol. The lowest BCUT2D eigenvalue weighted by Gasteiger charge is -2.36. The number of halogens is 1. The third-order valence-electron chi connectivity index (χ3n) is 6.30. The first-order chi connectivity index (χ1) is 14.7. The summed E-state index contributed by atoms with van der Waals surface area (Å²) in [6, 6.07) is 10.7. The maximum absolute atomic E-state index is 11.6. The average molecular weight is 543 g/mol. The van der Waals surface area contributed by atoms with Gasteiger partial charge in [-0.1, -0.05) is 30.3 Å². The maximum atomic E-state index is 11.6. The fourth-order valence-electron chi connectivity index (χ4n) is 4.38. The van der Waals surface area contributed by atoms with Gasteiger partial charge in [0, 0.05) is 79.4 Å². The number of hydrogen-bond acceptors (Lipinski definition) is 4. The van der Waals surface area contributed by atoms with Gasteiger partial charge in [-0.05, 0) is 24.3 Å². The lowest BCUT2D eigenvalue weighted by molar-refractivity contribution is -0.121. The van der Waals surface area contributed by atoms with Crippen molar-refractivity contribution in [2.45, 2.75) is 25.8 Å². The second kappa shape index (κ2) is 13.9. The third kappa shape index (κ3) is 8.57. The molecule has 2 fully saturated rings. The molecule has 0 atom stereocenters. The molecule has 1 amide bonds. The Morgan fingerprint density at radius 2 is 1.68 bits per heavy atom. The van der Waals surface area contributed by atoms with Crippen molar-refractivity contribution in [1.82, 2.24) is 25.3 Å². The number of carbonyl (C=O) groups excluding carboxylic acids is 1.